The summed E-state index contributed by atoms with van der Waals surface area (Å²) in [6, 6.07) is 3.88. The van der Waals surface area contributed by atoms with Crippen molar-refractivity contribution in [3.05, 3.63) is 12.1 Å². The van der Waals surface area contributed by atoms with Crippen LogP contribution in [-0.2, 0) is 0 Å². The predicted octanol–water partition coefficient (Wildman–Crippen LogP) is 2.69. The smallest absolute Gasteiger partial charge is 0.239 e. The van der Waals surface area contributed by atoms with E-state index >= 15 is 0 Å². The number of rotatable bonds is 4. The molecule has 0 aromatic carbocycles. The standard InChI is InChI=1S/C14H23N3O/c1-3-11-7-9-17(10-8-11)13-6-5-12(15)14(16-13)18-4-2/h5-6,11H,3-4,7-10,15H2,1-2H3. The van der Waals surface area contributed by atoms with Gasteiger partial charge in [0.15, 0.2) is 0 Å². The lowest BCUT2D eigenvalue weighted by Crippen LogP contribution is -2.34. The molecule has 2 heterocycles. The SMILES string of the molecule is CCOc1nc(N2CCC(CC)CC2)ccc1N. The first-order chi connectivity index (χ1) is 8.74. The highest BCUT2D eigenvalue weighted by molar-refractivity contribution is 5.54. The van der Waals surface area contributed by atoms with E-state index in [1.165, 1.54) is 19.3 Å². The van der Waals surface area contributed by atoms with Gasteiger partial charge in [0.1, 0.15) is 5.82 Å². The lowest BCUT2D eigenvalue weighted by atomic mass is 9.94. The number of hydrogen-bond donors (Lipinski definition) is 1. The molecule has 1 aromatic rings. The van der Waals surface area contributed by atoms with Crippen LogP contribution in [0, 0.1) is 5.92 Å². The van der Waals surface area contributed by atoms with E-state index in [2.05, 4.69) is 16.8 Å². The van der Waals surface area contributed by atoms with Crippen LogP contribution < -0.4 is 15.4 Å². The second-order valence-electron chi connectivity index (χ2n) is 4.84. The first-order valence-electron chi connectivity index (χ1n) is 6.88. The average Bonchev–Trinajstić information content (AvgIpc) is 2.42. The topological polar surface area (TPSA) is 51.4 Å². The minimum Gasteiger partial charge on any atom is -0.476 e. The van der Waals surface area contributed by atoms with Crippen molar-refractivity contribution in [2.75, 3.05) is 30.3 Å². The highest BCUT2D eigenvalue weighted by Gasteiger charge is 2.19. The van der Waals surface area contributed by atoms with Gasteiger partial charge in [-0.2, -0.15) is 4.98 Å². The summed E-state index contributed by atoms with van der Waals surface area (Å²) in [5, 5.41) is 0. The van der Waals surface area contributed by atoms with Crippen LogP contribution in [0.15, 0.2) is 12.1 Å². The van der Waals surface area contributed by atoms with Crippen LogP contribution in [0.3, 0.4) is 0 Å². The molecule has 0 bridgehead atoms. The van der Waals surface area contributed by atoms with Gasteiger partial charge in [0.25, 0.3) is 0 Å². The fraction of sp³-hybridized carbons (Fsp3) is 0.643. The number of hydrogen-bond acceptors (Lipinski definition) is 4. The van der Waals surface area contributed by atoms with Crippen LogP contribution in [0.1, 0.15) is 33.1 Å². The van der Waals surface area contributed by atoms with Gasteiger partial charge in [-0.05, 0) is 37.8 Å². The number of nitrogen functional groups attached to an aromatic ring is 1. The molecule has 0 unspecified atom stereocenters. The van der Waals surface area contributed by atoms with E-state index in [0.717, 1.165) is 24.8 Å². The summed E-state index contributed by atoms with van der Waals surface area (Å²) in [5.41, 5.74) is 6.46. The van der Waals surface area contributed by atoms with Crippen molar-refractivity contribution in [2.45, 2.75) is 33.1 Å². The lowest BCUT2D eigenvalue weighted by molar-refractivity contribution is 0.328. The summed E-state index contributed by atoms with van der Waals surface area (Å²) < 4.78 is 5.45. The largest absolute Gasteiger partial charge is 0.476 e. The first kappa shape index (κ1) is 13.0. The van der Waals surface area contributed by atoms with Crippen molar-refractivity contribution >= 4 is 11.5 Å². The molecule has 18 heavy (non-hydrogen) atoms. The van der Waals surface area contributed by atoms with Crippen molar-refractivity contribution in [3.63, 3.8) is 0 Å². The number of nitrogens with zero attached hydrogens (tertiary/aromatic N) is 2. The van der Waals surface area contributed by atoms with Gasteiger partial charge in [-0.15, -0.1) is 0 Å². The minimum absolute atomic E-state index is 0.563. The summed E-state index contributed by atoms with van der Waals surface area (Å²) in [6.45, 7) is 6.98. The minimum atomic E-state index is 0.563. The maximum Gasteiger partial charge on any atom is 0.239 e. The van der Waals surface area contributed by atoms with Crippen molar-refractivity contribution in [1.82, 2.24) is 4.98 Å². The molecule has 1 saturated heterocycles. The molecular formula is C14H23N3O. The molecule has 1 aliphatic rings. The van der Waals surface area contributed by atoms with Crippen LogP contribution >= 0.6 is 0 Å². The highest BCUT2D eigenvalue weighted by atomic mass is 16.5. The number of anilines is 2. The van der Waals surface area contributed by atoms with Crippen LogP contribution in [0.25, 0.3) is 0 Å². The van der Waals surface area contributed by atoms with Crippen LogP contribution in [-0.4, -0.2) is 24.7 Å². The first-order valence-corrected chi connectivity index (χ1v) is 6.88. The van der Waals surface area contributed by atoms with Crippen LogP contribution in [0.4, 0.5) is 11.5 Å². The second-order valence-corrected chi connectivity index (χ2v) is 4.84. The van der Waals surface area contributed by atoms with Crippen molar-refractivity contribution in [3.8, 4) is 5.88 Å². The zero-order valence-electron chi connectivity index (χ0n) is 11.4. The molecule has 1 aromatic heterocycles. The van der Waals surface area contributed by atoms with Gasteiger partial charge in [0, 0.05) is 13.1 Å². The molecule has 4 heteroatoms. The number of aromatic nitrogens is 1. The monoisotopic (exact) mass is 249 g/mol. The molecule has 0 aliphatic carbocycles. The van der Waals surface area contributed by atoms with E-state index in [9.17, 15) is 0 Å². The lowest BCUT2D eigenvalue weighted by Gasteiger charge is -2.32. The number of nitrogens with two attached hydrogens (primary N) is 1. The predicted molar refractivity (Wildman–Crippen MR) is 75.0 cm³/mol. The third-order valence-electron chi connectivity index (χ3n) is 3.67. The van der Waals surface area contributed by atoms with Gasteiger partial charge in [-0.1, -0.05) is 13.3 Å². The molecule has 2 rings (SSSR count). The van der Waals surface area contributed by atoms with E-state index in [1.54, 1.807) is 0 Å². The zero-order chi connectivity index (χ0) is 13.0. The molecule has 2 N–H and O–H groups in total. The molecule has 4 nitrogen and oxygen atoms in total. The Morgan fingerprint density at radius 3 is 2.67 bits per heavy atom. The van der Waals surface area contributed by atoms with E-state index in [1.807, 2.05) is 19.1 Å². The Hall–Kier alpha value is -1.45. The molecule has 0 saturated carbocycles. The Balaban J connectivity index is 2.07. The van der Waals surface area contributed by atoms with Gasteiger partial charge in [0.05, 0.1) is 12.3 Å². The Morgan fingerprint density at radius 1 is 1.33 bits per heavy atom. The average molecular weight is 249 g/mol. The fourth-order valence-electron chi connectivity index (χ4n) is 2.44. The fourth-order valence-corrected chi connectivity index (χ4v) is 2.44. The third kappa shape index (κ3) is 2.86. The maximum atomic E-state index is 5.84. The highest BCUT2D eigenvalue weighted by Crippen LogP contribution is 2.27. The van der Waals surface area contributed by atoms with Gasteiger partial charge in [0.2, 0.25) is 5.88 Å². The van der Waals surface area contributed by atoms with Crippen molar-refractivity contribution in [1.29, 1.82) is 0 Å². The summed E-state index contributed by atoms with van der Waals surface area (Å²) in [4.78, 5) is 6.84. The number of piperidine rings is 1. The van der Waals surface area contributed by atoms with E-state index in [4.69, 9.17) is 10.5 Å². The van der Waals surface area contributed by atoms with Gasteiger partial charge in [-0.3, -0.25) is 0 Å². The summed E-state index contributed by atoms with van der Waals surface area (Å²) in [5.74, 6) is 2.43. The van der Waals surface area contributed by atoms with Crippen molar-refractivity contribution < 1.29 is 4.74 Å². The summed E-state index contributed by atoms with van der Waals surface area (Å²) in [7, 11) is 0. The molecule has 0 spiro atoms. The second kappa shape index (κ2) is 5.94. The summed E-state index contributed by atoms with van der Waals surface area (Å²) >= 11 is 0. The van der Waals surface area contributed by atoms with Crippen LogP contribution in [0.5, 0.6) is 5.88 Å². The van der Waals surface area contributed by atoms with E-state index in [-0.39, 0.29) is 0 Å². The Bertz CT molecular complexity index is 387. The van der Waals surface area contributed by atoms with Gasteiger partial charge >= 0.3 is 0 Å². The number of ether oxygens (including phenoxy) is 1. The van der Waals surface area contributed by atoms with Gasteiger partial charge < -0.3 is 15.4 Å². The Labute approximate surface area is 109 Å². The molecule has 1 fully saturated rings. The molecule has 1 aliphatic heterocycles. The number of pyridine rings is 1. The van der Waals surface area contributed by atoms with Crippen molar-refractivity contribution in [2.24, 2.45) is 5.92 Å². The molecule has 0 radical (unpaired) electrons. The molecule has 0 amide bonds. The van der Waals surface area contributed by atoms with E-state index in [0.29, 0.717) is 18.2 Å². The third-order valence-corrected chi connectivity index (χ3v) is 3.67. The summed E-state index contributed by atoms with van der Waals surface area (Å²) in [6.07, 6.45) is 3.80. The maximum absolute atomic E-state index is 5.84. The quantitative estimate of drug-likeness (QED) is 0.891. The Kier molecular flexibility index (Phi) is 4.28. The Morgan fingerprint density at radius 2 is 2.06 bits per heavy atom. The molecular weight excluding hydrogens is 226 g/mol. The normalized spacial score (nSPS) is 16.9. The van der Waals surface area contributed by atoms with E-state index < -0.39 is 0 Å². The van der Waals surface area contributed by atoms with Crippen LogP contribution in [0.2, 0.25) is 0 Å². The van der Waals surface area contributed by atoms with Gasteiger partial charge in [-0.25, -0.2) is 0 Å². The molecule has 0 atom stereocenters. The zero-order valence-corrected chi connectivity index (χ0v) is 11.4. The molecule has 100 valence electrons.